The molecule has 0 saturated carbocycles. The summed E-state index contributed by atoms with van der Waals surface area (Å²) in [5.74, 6) is 0. The Morgan fingerprint density at radius 3 is 1.45 bits per heavy atom. The Morgan fingerprint density at radius 2 is 0.776 bits per heavy atom. The molecule has 0 spiro atoms. The van der Waals surface area contributed by atoms with Crippen LogP contribution < -0.4 is 4.90 Å². The highest BCUT2D eigenvalue weighted by molar-refractivity contribution is 6.18. The van der Waals surface area contributed by atoms with E-state index in [1.165, 1.54) is 0 Å². The van der Waals surface area contributed by atoms with Crippen LogP contribution in [-0.4, -0.2) is 0 Å². The Kier molecular flexibility index (Phi) is 3.65. The van der Waals surface area contributed by atoms with E-state index < -0.39 is 375 Å². The van der Waals surface area contributed by atoms with Crippen LogP contribution in [0.5, 0.6) is 0 Å². The van der Waals surface area contributed by atoms with Gasteiger partial charge in [0.25, 0.3) is 0 Å². The molecule has 3 heteroatoms. The average Bonchev–Trinajstić information content (AvgIpc) is 1.47. The minimum Gasteiger partial charge on any atom is -0.455 e. The number of hydrogen-bond donors (Lipinski definition) is 0. The van der Waals surface area contributed by atoms with Gasteiger partial charge in [-0.25, -0.2) is 0 Å². The highest BCUT2D eigenvalue weighted by atomic mass is 16.3. The zero-order chi connectivity index (χ0) is 79.9. The van der Waals surface area contributed by atoms with Gasteiger partial charge < -0.3 is 13.7 Å². The summed E-state index contributed by atoms with van der Waals surface area (Å²) in [7, 11) is 0. The lowest BCUT2D eigenvalue weighted by molar-refractivity contribution is 0.670. The van der Waals surface area contributed by atoms with Crippen LogP contribution >= 0.6 is 0 Å². The highest BCUT2D eigenvalue weighted by Gasteiger charge is 2.22. The molecule has 0 unspecified atom stereocenters. The number of furan rings is 2. The largest absolute Gasteiger partial charge is 0.455 e. The summed E-state index contributed by atoms with van der Waals surface area (Å²) >= 11 is 0. The fourth-order valence-electron chi connectivity index (χ4n) is 7.23. The van der Waals surface area contributed by atoms with E-state index in [1.807, 2.05) is 0 Å². The van der Waals surface area contributed by atoms with E-state index in [0.717, 1.165) is 0 Å². The molecule has 0 saturated heterocycles. The van der Waals surface area contributed by atoms with Gasteiger partial charge in [-0.05, 0) is 116 Å². The molecule has 11 aromatic carbocycles. The summed E-state index contributed by atoms with van der Waals surface area (Å²) in [6, 6.07) is -47.9. The van der Waals surface area contributed by atoms with Gasteiger partial charge in [-0.15, -0.1) is 0 Å². The van der Waals surface area contributed by atoms with Crippen molar-refractivity contribution in [1.29, 1.82) is 0 Å². The topological polar surface area (TPSA) is 29.5 Å². The Bertz CT molecular complexity index is 6210. The molecular formula is C64H41NO2. The zero-order valence-corrected chi connectivity index (χ0v) is 33.3. The van der Waals surface area contributed by atoms with Gasteiger partial charge in [0.15, 0.2) is 0 Å². The standard InChI is InChI=1S/C64H41NO2/c1-4-15-42(16-5-1)45-27-32-51(33-28-45)65(52-34-29-47(30-35-52)55-24-14-25-57-56-23-12-13-26-61(56)66-62(55)57)53-40-59(64-60(41-53)58-36-31-46-21-10-11-22-54(46)63(58)67-64)50-38-48(43-17-6-2-7-18-43)37-49(39-50)44-19-8-3-9-20-44/h1-41H/i1D,2D,3D,4D,5D,6D,7D,8D,9D,10D,11D,12D,13D,14D,15D,16D,17D,18D,19D,20D,21D,22D,23D,24D,25D,26D,27D,28D,29D,30D,31D,32D,33D,34D,35D,36D,37D,38D,39D,40D,41D. The number of para-hydroxylation sites is 2. The molecule has 0 amide bonds. The summed E-state index contributed by atoms with van der Waals surface area (Å²) in [5.41, 5.74) is -18.7. The number of rotatable bonds is 8. The van der Waals surface area contributed by atoms with Crippen molar-refractivity contribution in [2.45, 2.75) is 0 Å². The maximum Gasteiger partial charge on any atom is 0.143 e. The van der Waals surface area contributed by atoms with Crippen molar-refractivity contribution in [3.05, 3.63) is 248 Å². The van der Waals surface area contributed by atoms with Crippen molar-refractivity contribution in [3.63, 3.8) is 0 Å². The molecule has 0 N–H and O–H groups in total. The van der Waals surface area contributed by atoms with Crippen LogP contribution in [-0.2, 0) is 0 Å². The molecule has 0 aliphatic rings. The molecule has 0 atom stereocenters. The third-order valence-electron chi connectivity index (χ3n) is 10.2. The molecule has 2 heterocycles. The van der Waals surface area contributed by atoms with Crippen LogP contribution in [0.4, 0.5) is 17.1 Å². The summed E-state index contributed by atoms with van der Waals surface area (Å²) in [4.78, 5) is 0.173. The van der Waals surface area contributed by atoms with E-state index in [4.69, 9.17) is 36.2 Å². The van der Waals surface area contributed by atoms with Crippen LogP contribution in [0.2, 0.25) is 0 Å². The molecule has 0 fully saturated rings. The van der Waals surface area contributed by atoms with Gasteiger partial charge in [-0.2, -0.15) is 0 Å². The van der Waals surface area contributed by atoms with E-state index in [1.54, 1.807) is 0 Å². The number of anilines is 3. The number of hydrogen-bond acceptors (Lipinski definition) is 3. The fraction of sp³-hybridized carbons (Fsp3) is 0. The van der Waals surface area contributed by atoms with Crippen molar-refractivity contribution >= 4 is 71.7 Å². The van der Waals surface area contributed by atoms with Gasteiger partial charge in [-0.3, -0.25) is 0 Å². The predicted octanol–water partition coefficient (Wildman–Crippen LogP) is 18.4. The molecule has 2 aromatic heterocycles. The first-order chi connectivity index (χ1) is 50.3. The number of benzene rings is 11. The molecule has 0 aliphatic heterocycles. The zero-order valence-electron chi connectivity index (χ0n) is 74.3. The van der Waals surface area contributed by atoms with E-state index >= 15 is 0 Å². The maximum absolute atomic E-state index is 10.8. The van der Waals surface area contributed by atoms with Crippen LogP contribution in [0.25, 0.3) is 110 Å². The van der Waals surface area contributed by atoms with Crippen LogP contribution in [0, 0.1) is 0 Å². The predicted molar refractivity (Wildman–Crippen MR) is 280 cm³/mol. The smallest absolute Gasteiger partial charge is 0.143 e. The molecule has 0 bridgehead atoms. The Morgan fingerprint density at radius 1 is 0.269 bits per heavy atom. The number of nitrogens with zero attached hydrogens (tertiary/aromatic N) is 1. The normalized spacial score (nSPS) is 20.1. The van der Waals surface area contributed by atoms with Gasteiger partial charge in [0.2, 0.25) is 0 Å². The van der Waals surface area contributed by atoms with Gasteiger partial charge in [-0.1, -0.05) is 181 Å². The van der Waals surface area contributed by atoms with E-state index in [-0.39, 0.29) is 4.90 Å². The van der Waals surface area contributed by atoms with Crippen molar-refractivity contribution in [2.75, 3.05) is 4.90 Å². The van der Waals surface area contributed by atoms with Gasteiger partial charge in [0.05, 0.1) is 56.2 Å². The maximum atomic E-state index is 10.8. The second kappa shape index (κ2) is 16.0. The van der Waals surface area contributed by atoms with Gasteiger partial charge in [0.1, 0.15) is 22.3 Å². The number of fused-ring (bicyclic) bond motifs is 8. The summed E-state index contributed by atoms with van der Waals surface area (Å²) in [6.45, 7) is 0. The van der Waals surface area contributed by atoms with Crippen molar-refractivity contribution < 1.29 is 65.0 Å². The van der Waals surface area contributed by atoms with Gasteiger partial charge >= 0.3 is 0 Å². The minimum absolute atomic E-state index is 0.173. The van der Waals surface area contributed by atoms with Gasteiger partial charge in [0, 0.05) is 55.1 Å². The summed E-state index contributed by atoms with van der Waals surface area (Å²) < 4.78 is 392. The summed E-state index contributed by atoms with van der Waals surface area (Å²) in [5, 5.41) is -4.57. The average molecular weight is 897 g/mol. The molecule has 0 aliphatic carbocycles. The SMILES string of the molecule is [2H]c1c([2H])c([2H])c(-c2c([2H])c([2H])c(N(c3c([2H])c([2H])c(-c4c([2H])c([2H])c([2H])c5c4oc4c([2H])c([2H])c([2H])c([2H])c45)c([2H])c3[2H])c3c([2H])c(-c4c([2H])c(-c5c([2H])c([2H])c([2H])c([2H])c5[2H])c([2H])c(-c5c([2H])c([2H])c([2H])c([2H])c5[2H])c4[2H])c4oc5c6c([2H])c([2H])c([2H])c([2H])c6c([2H])c([2H])c5c4c3[2H])c([2H])c2[2H])c([2H])c1[2H]. The van der Waals surface area contributed by atoms with Crippen molar-refractivity contribution in [3.8, 4) is 55.6 Å². The first-order valence-electron chi connectivity index (χ1n) is 40.0. The molecule has 3 nitrogen and oxygen atoms in total. The first-order valence-corrected chi connectivity index (χ1v) is 19.5. The summed E-state index contributed by atoms with van der Waals surface area (Å²) in [6.07, 6.45) is 0. The van der Waals surface area contributed by atoms with E-state index in [9.17, 15) is 28.8 Å². The molecule has 13 aromatic rings. The lowest BCUT2D eigenvalue weighted by Gasteiger charge is -2.27. The third kappa shape index (κ3) is 6.76. The fourth-order valence-corrected chi connectivity index (χ4v) is 7.23. The lowest BCUT2D eigenvalue weighted by atomic mass is 9.92. The lowest BCUT2D eigenvalue weighted by Crippen LogP contribution is -2.10. The monoisotopic (exact) mass is 897 g/mol. The Balaban J connectivity index is 1.32. The van der Waals surface area contributed by atoms with Crippen LogP contribution in [0.3, 0.4) is 0 Å². The molecule has 314 valence electrons. The molecule has 13 rings (SSSR count). The highest BCUT2D eigenvalue weighted by Crippen LogP contribution is 2.47. The quantitative estimate of drug-likeness (QED) is 0.152. The Hall–Kier alpha value is -8.92. The first kappa shape index (κ1) is 15.3. The molecule has 67 heavy (non-hydrogen) atoms. The van der Waals surface area contributed by atoms with Crippen LogP contribution in [0.15, 0.2) is 257 Å². The molecular weight excluding hydrogens is 815 g/mol. The minimum atomic E-state index is -1.55. The van der Waals surface area contributed by atoms with Crippen molar-refractivity contribution in [1.82, 2.24) is 0 Å². The van der Waals surface area contributed by atoms with Crippen molar-refractivity contribution in [2.24, 2.45) is 0 Å². The Labute approximate surface area is 445 Å². The second-order valence-electron chi connectivity index (χ2n) is 14.0. The van der Waals surface area contributed by atoms with E-state index in [2.05, 4.69) is 0 Å². The van der Waals surface area contributed by atoms with Crippen LogP contribution in [0.1, 0.15) is 56.2 Å². The second-order valence-corrected chi connectivity index (χ2v) is 14.0. The molecule has 0 radical (unpaired) electrons. The van der Waals surface area contributed by atoms with E-state index in [0.29, 0.717) is 0 Å². The third-order valence-corrected chi connectivity index (χ3v) is 10.2.